The van der Waals surface area contributed by atoms with E-state index in [0.29, 0.717) is 24.1 Å². The zero-order chi connectivity index (χ0) is 15.9. The molecule has 7 nitrogen and oxygen atoms in total. The number of nitrogen functional groups attached to an aromatic ring is 1. The van der Waals surface area contributed by atoms with Crippen molar-refractivity contribution in [1.29, 1.82) is 5.26 Å². The fourth-order valence-corrected chi connectivity index (χ4v) is 1.83. The molecular formula is C15H17N5O2. The van der Waals surface area contributed by atoms with Gasteiger partial charge in [-0.15, -0.1) is 0 Å². The third-order valence-corrected chi connectivity index (χ3v) is 2.73. The number of imidazole rings is 1. The Kier molecular flexibility index (Phi) is 4.98. The topological polar surface area (TPSA) is 98.4 Å². The maximum absolute atomic E-state index is 8.58. The molecule has 0 bridgehead atoms. The van der Waals surface area contributed by atoms with Crippen LogP contribution in [0.25, 0.3) is 0 Å². The lowest BCUT2D eigenvalue weighted by Gasteiger charge is -2.10. The van der Waals surface area contributed by atoms with Gasteiger partial charge >= 0.3 is 0 Å². The number of anilines is 1. The lowest BCUT2D eigenvalue weighted by molar-refractivity contribution is 0.298. The van der Waals surface area contributed by atoms with E-state index in [1.165, 1.54) is 4.68 Å². The van der Waals surface area contributed by atoms with Gasteiger partial charge in [0.05, 0.1) is 24.7 Å². The standard InChI is InChI=1S/C15H17N5O2/c1-3-21-14-8-12(4-5-13(14)22-7-6-16)9-18-20-10-11(2)19-15(20)17/h4-5,8-10H,3,7H2,1-2H3,(H2,17,19). The van der Waals surface area contributed by atoms with Crippen molar-refractivity contribution in [2.45, 2.75) is 13.8 Å². The highest BCUT2D eigenvalue weighted by Crippen LogP contribution is 2.28. The van der Waals surface area contributed by atoms with Gasteiger partial charge in [-0.2, -0.15) is 10.4 Å². The molecule has 0 fully saturated rings. The Labute approximate surface area is 128 Å². The van der Waals surface area contributed by atoms with E-state index >= 15 is 0 Å². The Bertz CT molecular complexity index is 715. The monoisotopic (exact) mass is 299 g/mol. The number of hydrogen-bond donors (Lipinski definition) is 1. The molecule has 114 valence electrons. The molecule has 7 heteroatoms. The van der Waals surface area contributed by atoms with Gasteiger partial charge in [0, 0.05) is 0 Å². The van der Waals surface area contributed by atoms with Crippen LogP contribution in [0.1, 0.15) is 18.2 Å². The zero-order valence-electron chi connectivity index (χ0n) is 12.5. The van der Waals surface area contributed by atoms with Crippen LogP contribution in [0.3, 0.4) is 0 Å². The maximum Gasteiger partial charge on any atom is 0.221 e. The highest BCUT2D eigenvalue weighted by Gasteiger charge is 2.06. The third-order valence-electron chi connectivity index (χ3n) is 2.73. The second-order valence-electron chi connectivity index (χ2n) is 4.42. The van der Waals surface area contributed by atoms with E-state index in [1.807, 2.05) is 26.0 Å². The number of rotatable bonds is 6. The van der Waals surface area contributed by atoms with Crippen molar-refractivity contribution >= 4 is 12.2 Å². The van der Waals surface area contributed by atoms with E-state index in [-0.39, 0.29) is 6.61 Å². The van der Waals surface area contributed by atoms with E-state index < -0.39 is 0 Å². The molecule has 0 atom stereocenters. The Hall–Kier alpha value is -3.01. The van der Waals surface area contributed by atoms with Crippen LogP contribution in [0, 0.1) is 18.3 Å². The molecule has 0 saturated carbocycles. The van der Waals surface area contributed by atoms with Gasteiger partial charge in [-0.05, 0) is 37.6 Å². The van der Waals surface area contributed by atoms with Crippen molar-refractivity contribution in [3.63, 3.8) is 0 Å². The van der Waals surface area contributed by atoms with E-state index in [0.717, 1.165) is 11.3 Å². The molecule has 0 unspecified atom stereocenters. The highest BCUT2D eigenvalue weighted by atomic mass is 16.5. The van der Waals surface area contributed by atoms with Crippen LogP contribution in [0.4, 0.5) is 5.95 Å². The molecule has 0 saturated heterocycles. The second kappa shape index (κ2) is 7.13. The van der Waals surface area contributed by atoms with Crippen LogP contribution in [-0.4, -0.2) is 29.1 Å². The molecule has 2 aromatic rings. The number of nitrogens with two attached hydrogens (primary N) is 1. The average Bonchev–Trinajstić information content (AvgIpc) is 2.82. The molecule has 22 heavy (non-hydrogen) atoms. The number of aromatic nitrogens is 2. The van der Waals surface area contributed by atoms with Crippen LogP contribution in [0.2, 0.25) is 0 Å². The molecule has 0 radical (unpaired) electrons. The SMILES string of the molecule is CCOc1cc(C=Nn2cc(C)nc2N)ccc1OCC#N. The summed E-state index contributed by atoms with van der Waals surface area (Å²) in [6, 6.07) is 7.28. The van der Waals surface area contributed by atoms with Gasteiger partial charge in [0.1, 0.15) is 6.07 Å². The van der Waals surface area contributed by atoms with Crippen LogP contribution >= 0.6 is 0 Å². The van der Waals surface area contributed by atoms with Crippen molar-refractivity contribution in [1.82, 2.24) is 9.66 Å². The molecule has 1 heterocycles. The minimum absolute atomic E-state index is 0.0294. The number of nitrogens with zero attached hydrogens (tertiary/aromatic N) is 4. The summed E-state index contributed by atoms with van der Waals surface area (Å²) in [5.74, 6) is 1.42. The molecular weight excluding hydrogens is 282 g/mol. The summed E-state index contributed by atoms with van der Waals surface area (Å²) < 4.78 is 12.3. The predicted octanol–water partition coefficient (Wildman–Crippen LogP) is 1.96. The number of aryl methyl sites for hydroxylation is 1. The van der Waals surface area contributed by atoms with E-state index in [1.54, 1.807) is 24.5 Å². The Morgan fingerprint density at radius 1 is 1.41 bits per heavy atom. The Balaban J connectivity index is 2.22. The fraction of sp³-hybridized carbons (Fsp3) is 0.267. The largest absolute Gasteiger partial charge is 0.490 e. The molecule has 0 amide bonds. The van der Waals surface area contributed by atoms with Gasteiger partial charge < -0.3 is 15.2 Å². The average molecular weight is 299 g/mol. The predicted molar refractivity (Wildman–Crippen MR) is 83.1 cm³/mol. The lowest BCUT2D eigenvalue weighted by Crippen LogP contribution is -2.00. The normalized spacial score (nSPS) is 10.6. The molecule has 0 aliphatic heterocycles. The summed E-state index contributed by atoms with van der Waals surface area (Å²) in [5, 5.41) is 12.8. The Morgan fingerprint density at radius 3 is 2.86 bits per heavy atom. The first kappa shape index (κ1) is 15.4. The van der Waals surface area contributed by atoms with Crippen LogP contribution in [0.15, 0.2) is 29.5 Å². The van der Waals surface area contributed by atoms with Gasteiger partial charge in [-0.3, -0.25) is 0 Å². The van der Waals surface area contributed by atoms with Gasteiger partial charge in [0.15, 0.2) is 18.1 Å². The Morgan fingerprint density at radius 2 is 2.23 bits per heavy atom. The summed E-state index contributed by atoms with van der Waals surface area (Å²) in [5.41, 5.74) is 7.34. The summed E-state index contributed by atoms with van der Waals surface area (Å²) in [4.78, 5) is 4.07. The zero-order valence-corrected chi connectivity index (χ0v) is 12.5. The van der Waals surface area contributed by atoms with E-state index in [9.17, 15) is 0 Å². The summed E-state index contributed by atoms with van der Waals surface area (Å²) >= 11 is 0. The third kappa shape index (κ3) is 3.76. The first-order chi connectivity index (χ1) is 10.6. The van der Waals surface area contributed by atoms with Crippen molar-refractivity contribution < 1.29 is 9.47 Å². The van der Waals surface area contributed by atoms with Gasteiger partial charge in [0.25, 0.3) is 0 Å². The number of nitriles is 1. The van der Waals surface area contributed by atoms with Gasteiger partial charge in [-0.25, -0.2) is 9.66 Å². The fourth-order valence-electron chi connectivity index (χ4n) is 1.83. The smallest absolute Gasteiger partial charge is 0.221 e. The molecule has 2 rings (SSSR count). The van der Waals surface area contributed by atoms with E-state index in [4.69, 9.17) is 20.5 Å². The second-order valence-corrected chi connectivity index (χ2v) is 4.42. The molecule has 0 aliphatic carbocycles. The number of hydrogen-bond acceptors (Lipinski definition) is 6. The number of ether oxygens (including phenoxy) is 2. The summed E-state index contributed by atoms with van der Waals surface area (Å²) in [6.07, 6.45) is 3.38. The minimum atomic E-state index is -0.0294. The first-order valence-electron chi connectivity index (χ1n) is 6.76. The van der Waals surface area contributed by atoms with Crippen molar-refractivity contribution in [2.24, 2.45) is 5.10 Å². The summed E-state index contributed by atoms with van der Waals surface area (Å²) in [6.45, 7) is 4.19. The van der Waals surface area contributed by atoms with Crippen LogP contribution in [-0.2, 0) is 0 Å². The lowest BCUT2D eigenvalue weighted by atomic mass is 10.2. The molecule has 0 aliphatic rings. The van der Waals surface area contributed by atoms with Crippen LogP contribution in [0.5, 0.6) is 11.5 Å². The molecule has 2 N–H and O–H groups in total. The quantitative estimate of drug-likeness (QED) is 0.822. The molecule has 1 aromatic heterocycles. The summed E-state index contributed by atoms with van der Waals surface area (Å²) in [7, 11) is 0. The van der Waals surface area contributed by atoms with Crippen molar-refractivity contribution in [3.05, 3.63) is 35.7 Å². The maximum atomic E-state index is 8.58. The van der Waals surface area contributed by atoms with Gasteiger partial charge in [0.2, 0.25) is 5.95 Å². The first-order valence-corrected chi connectivity index (χ1v) is 6.76. The van der Waals surface area contributed by atoms with Gasteiger partial charge in [-0.1, -0.05) is 0 Å². The minimum Gasteiger partial charge on any atom is -0.490 e. The van der Waals surface area contributed by atoms with Crippen molar-refractivity contribution in [2.75, 3.05) is 18.9 Å². The van der Waals surface area contributed by atoms with Crippen LogP contribution < -0.4 is 15.2 Å². The highest BCUT2D eigenvalue weighted by molar-refractivity contribution is 5.81. The number of benzene rings is 1. The molecule has 1 aromatic carbocycles. The van der Waals surface area contributed by atoms with E-state index in [2.05, 4.69) is 10.1 Å². The molecule has 0 spiro atoms. The van der Waals surface area contributed by atoms with Crippen molar-refractivity contribution in [3.8, 4) is 17.6 Å².